The zero-order chi connectivity index (χ0) is 14.5. The third kappa shape index (κ3) is 3.07. The first kappa shape index (κ1) is 13.9. The molecule has 0 radical (unpaired) electrons. The van der Waals surface area contributed by atoms with E-state index in [1.807, 2.05) is 18.4 Å². The van der Waals surface area contributed by atoms with Crippen molar-refractivity contribution in [2.45, 2.75) is 12.8 Å². The van der Waals surface area contributed by atoms with Crippen molar-refractivity contribution in [1.82, 2.24) is 9.97 Å². The molecule has 2 aromatic rings. The molecule has 2 heterocycles. The number of hydrogen-bond acceptors (Lipinski definition) is 7. The first-order valence-electron chi connectivity index (χ1n) is 5.79. The average molecular weight is 289 g/mol. The molecule has 2 aromatic heterocycles. The van der Waals surface area contributed by atoms with E-state index in [0.29, 0.717) is 12.4 Å². The Bertz CT molecular complexity index is 650. The number of aromatic nitrogens is 2. The predicted octanol–water partition coefficient (Wildman–Crippen LogP) is 2.53. The van der Waals surface area contributed by atoms with E-state index < -0.39 is 4.92 Å². The lowest BCUT2D eigenvalue weighted by molar-refractivity contribution is -0.385. The third-order valence-corrected chi connectivity index (χ3v) is 3.66. The molecule has 1 unspecified atom stereocenters. The van der Waals surface area contributed by atoms with Gasteiger partial charge in [-0.2, -0.15) is 5.26 Å². The van der Waals surface area contributed by atoms with Crippen LogP contribution in [0, 0.1) is 21.4 Å². The van der Waals surface area contributed by atoms with Gasteiger partial charge >= 0.3 is 0 Å². The molecule has 1 atom stereocenters. The number of pyridine rings is 1. The quantitative estimate of drug-likeness (QED) is 0.669. The number of thiazole rings is 1. The Labute approximate surface area is 119 Å². The van der Waals surface area contributed by atoms with E-state index in [4.69, 9.17) is 5.26 Å². The van der Waals surface area contributed by atoms with Crippen LogP contribution < -0.4 is 5.32 Å². The highest BCUT2D eigenvalue weighted by Gasteiger charge is 2.14. The van der Waals surface area contributed by atoms with E-state index in [1.54, 1.807) is 17.5 Å². The molecule has 1 N–H and O–H groups in total. The van der Waals surface area contributed by atoms with Crippen molar-refractivity contribution < 1.29 is 4.92 Å². The van der Waals surface area contributed by atoms with E-state index in [1.165, 1.54) is 6.07 Å². The zero-order valence-corrected chi connectivity index (χ0v) is 11.4. The Hall–Kier alpha value is -2.53. The monoisotopic (exact) mass is 289 g/mol. The molecular formula is C12H11N5O2S. The predicted molar refractivity (Wildman–Crippen MR) is 74.6 cm³/mol. The van der Waals surface area contributed by atoms with Crippen LogP contribution >= 0.6 is 11.3 Å². The van der Waals surface area contributed by atoms with Crippen LogP contribution in [0.1, 0.15) is 23.4 Å². The van der Waals surface area contributed by atoms with Crippen molar-refractivity contribution in [2.75, 3.05) is 11.9 Å². The minimum Gasteiger partial charge on any atom is -0.368 e. The third-order valence-electron chi connectivity index (χ3n) is 2.65. The van der Waals surface area contributed by atoms with Crippen LogP contribution in [0.15, 0.2) is 23.8 Å². The van der Waals surface area contributed by atoms with Crippen molar-refractivity contribution in [3.05, 3.63) is 44.5 Å². The number of nitrogens with one attached hydrogen (secondary N) is 1. The number of rotatable bonds is 5. The average Bonchev–Trinajstić information content (AvgIpc) is 2.98. The summed E-state index contributed by atoms with van der Waals surface area (Å²) in [6.45, 7) is 2.55. The highest BCUT2D eigenvalue weighted by atomic mass is 32.1. The smallest absolute Gasteiger partial charge is 0.289 e. The van der Waals surface area contributed by atoms with Crippen LogP contribution in [0.2, 0.25) is 0 Å². The molecule has 0 bridgehead atoms. The second kappa shape index (κ2) is 6.08. The zero-order valence-electron chi connectivity index (χ0n) is 10.6. The number of anilines is 1. The Balaban J connectivity index is 2.10. The van der Waals surface area contributed by atoms with Gasteiger partial charge < -0.3 is 5.32 Å². The molecule has 0 aliphatic heterocycles. The molecular weight excluding hydrogens is 278 g/mol. The fourth-order valence-electron chi connectivity index (χ4n) is 1.59. The Kier molecular flexibility index (Phi) is 4.22. The molecule has 0 spiro atoms. The number of nitrogens with zero attached hydrogens (tertiary/aromatic N) is 4. The fraction of sp³-hybridized carbons (Fsp3) is 0.250. The van der Waals surface area contributed by atoms with Crippen LogP contribution in [-0.2, 0) is 0 Å². The number of hydrogen-bond donors (Lipinski definition) is 1. The lowest BCUT2D eigenvalue weighted by atomic mass is 10.2. The molecule has 0 fully saturated rings. The molecule has 0 aliphatic rings. The van der Waals surface area contributed by atoms with E-state index in [2.05, 4.69) is 15.3 Å². The van der Waals surface area contributed by atoms with Gasteiger partial charge in [0.15, 0.2) is 0 Å². The van der Waals surface area contributed by atoms with E-state index in [9.17, 15) is 10.1 Å². The second-order valence-electron chi connectivity index (χ2n) is 4.11. The lowest BCUT2D eigenvalue weighted by Crippen LogP contribution is -2.12. The SMILES string of the molecule is CC(CNc1ncc([N+](=O)[O-])cc1C#N)c1nccs1. The molecule has 2 rings (SSSR count). The maximum Gasteiger partial charge on any atom is 0.289 e. The molecule has 0 aliphatic carbocycles. The van der Waals surface area contributed by atoms with Crippen molar-refractivity contribution in [3.63, 3.8) is 0 Å². The van der Waals surface area contributed by atoms with Crippen LogP contribution in [0.5, 0.6) is 0 Å². The summed E-state index contributed by atoms with van der Waals surface area (Å²) in [5.74, 6) is 0.514. The second-order valence-corrected chi connectivity index (χ2v) is 5.04. The van der Waals surface area contributed by atoms with Crippen LogP contribution in [0.4, 0.5) is 11.5 Å². The highest BCUT2D eigenvalue weighted by molar-refractivity contribution is 7.09. The molecule has 8 heteroatoms. The summed E-state index contributed by atoms with van der Waals surface area (Å²) < 4.78 is 0. The van der Waals surface area contributed by atoms with Crippen molar-refractivity contribution >= 4 is 22.8 Å². The minimum absolute atomic E-state index is 0.158. The summed E-state index contributed by atoms with van der Waals surface area (Å²) in [5, 5.41) is 25.6. The molecule has 0 saturated carbocycles. The highest BCUT2D eigenvalue weighted by Crippen LogP contribution is 2.21. The minimum atomic E-state index is -0.574. The van der Waals surface area contributed by atoms with Gasteiger partial charge in [0.2, 0.25) is 0 Å². The first-order chi connectivity index (χ1) is 9.61. The van der Waals surface area contributed by atoms with Gasteiger partial charge in [0.1, 0.15) is 23.6 Å². The summed E-state index contributed by atoms with van der Waals surface area (Å²) in [6, 6.07) is 3.12. The van der Waals surface area contributed by atoms with Crippen LogP contribution in [-0.4, -0.2) is 21.4 Å². The Morgan fingerprint density at radius 1 is 1.60 bits per heavy atom. The maximum absolute atomic E-state index is 10.6. The van der Waals surface area contributed by atoms with Crippen LogP contribution in [0.3, 0.4) is 0 Å². The molecule has 0 aromatic carbocycles. The maximum atomic E-state index is 10.6. The van der Waals surface area contributed by atoms with Crippen molar-refractivity contribution in [3.8, 4) is 6.07 Å². The van der Waals surface area contributed by atoms with E-state index >= 15 is 0 Å². The molecule has 20 heavy (non-hydrogen) atoms. The summed E-state index contributed by atoms with van der Waals surface area (Å²) >= 11 is 1.56. The van der Waals surface area contributed by atoms with Gasteiger partial charge in [-0.25, -0.2) is 9.97 Å². The van der Waals surface area contributed by atoms with Crippen molar-refractivity contribution in [2.24, 2.45) is 0 Å². The van der Waals surface area contributed by atoms with Gasteiger partial charge in [-0.15, -0.1) is 11.3 Å². The topological polar surface area (TPSA) is 105 Å². The van der Waals surface area contributed by atoms with Gasteiger partial charge in [-0.05, 0) is 0 Å². The Morgan fingerprint density at radius 2 is 2.40 bits per heavy atom. The number of nitriles is 1. The Morgan fingerprint density at radius 3 is 3.00 bits per heavy atom. The standard InChI is InChI=1S/C12H11N5O2S/c1-8(12-14-2-3-20-12)6-15-11-9(5-13)4-10(7-16-11)17(18)19/h2-4,7-8H,6H2,1H3,(H,15,16). The summed E-state index contributed by atoms with van der Waals surface area (Å²) in [5.41, 5.74) is -0.0365. The summed E-state index contributed by atoms with van der Waals surface area (Å²) in [7, 11) is 0. The van der Waals surface area contributed by atoms with E-state index in [-0.39, 0.29) is 17.2 Å². The summed E-state index contributed by atoms with van der Waals surface area (Å²) in [4.78, 5) is 18.2. The largest absolute Gasteiger partial charge is 0.368 e. The molecule has 0 saturated heterocycles. The van der Waals surface area contributed by atoms with Crippen LogP contribution in [0.25, 0.3) is 0 Å². The fourth-order valence-corrected chi connectivity index (χ4v) is 2.29. The molecule has 0 amide bonds. The van der Waals surface area contributed by atoms with Gasteiger partial charge in [-0.1, -0.05) is 6.92 Å². The van der Waals surface area contributed by atoms with Gasteiger partial charge in [0.25, 0.3) is 5.69 Å². The molecule has 102 valence electrons. The summed E-state index contributed by atoms with van der Waals surface area (Å²) in [6.07, 6.45) is 2.87. The van der Waals surface area contributed by atoms with Gasteiger partial charge in [0, 0.05) is 30.1 Å². The van der Waals surface area contributed by atoms with E-state index in [0.717, 1.165) is 11.2 Å². The number of nitro groups is 1. The normalized spacial score (nSPS) is 11.6. The first-order valence-corrected chi connectivity index (χ1v) is 6.67. The van der Waals surface area contributed by atoms with Gasteiger partial charge in [0.05, 0.1) is 9.93 Å². The van der Waals surface area contributed by atoms with Gasteiger partial charge in [-0.3, -0.25) is 10.1 Å². The molecule has 7 nitrogen and oxygen atoms in total. The van der Waals surface area contributed by atoms with Crippen molar-refractivity contribution in [1.29, 1.82) is 5.26 Å². The lowest BCUT2D eigenvalue weighted by Gasteiger charge is -2.11.